The second kappa shape index (κ2) is 7.89. The number of hydrogen-bond donors (Lipinski definition) is 0. The van der Waals surface area contributed by atoms with Crippen molar-refractivity contribution in [3.8, 4) is 0 Å². The molecule has 2 aromatic rings. The van der Waals surface area contributed by atoms with Gasteiger partial charge in [-0.15, -0.1) is 21.5 Å². The van der Waals surface area contributed by atoms with Crippen LogP contribution in [0.4, 0.5) is 11.6 Å². The van der Waals surface area contributed by atoms with Crippen molar-refractivity contribution in [1.82, 2.24) is 14.5 Å². The largest absolute Gasteiger partial charge is 0.356 e. The van der Waals surface area contributed by atoms with Crippen molar-refractivity contribution in [3.63, 3.8) is 0 Å². The summed E-state index contributed by atoms with van der Waals surface area (Å²) in [6.45, 7) is 10.0. The molecule has 1 saturated heterocycles. The van der Waals surface area contributed by atoms with E-state index in [1.54, 1.807) is 10.4 Å². The number of sulfonamides is 1. The van der Waals surface area contributed by atoms with E-state index in [0.29, 0.717) is 30.4 Å². The van der Waals surface area contributed by atoms with Crippen LogP contribution in [0, 0.1) is 6.92 Å². The van der Waals surface area contributed by atoms with E-state index >= 15 is 0 Å². The molecule has 1 aliphatic heterocycles. The number of rotatable bonds is 6. The van der Waals surface area contributed by atoms with Crippen molar-refractivity contribution in [2.45, 2.75) is 25.0 Å². The van der Waals surface area contributed by atoms with Gasteiger partial charge in [-0.1, -0.05) is 0 Å². The lowest BCUT2D eigenvalue weighted by atomic mass is 10.3. The fourth-order valence-corrected chi connectivity index (χ4v) is 5.90. The molecule has 0 radical (unpaired) electrons. The van der Waals surface area contributed by atoms with E-state index in [2.05, 4.69) is 33.8 Å². The van der Waals surface area contributed by atoms with E-state index in [4.69, 9.17) is 0 Å². The topological polar surface area (TPSA) is 69.6 Å². The number of piperazine rings is 1. The number of aryl methyl sites for hydroxylation is 1. The summed E-state index contributed by atoms with van der Waals surface area (Å²) in [6.07, 6.45) is 0. The van der Waals surface area contributed by atoms with E-state index in [-0.39, 0.29) is 0 Å². The van der Waals surface area contributed by atoms with E-state index < -0.39 is 10.0 Å². The van der Waals surface area contributed by atoms with Gasteiger partial charge in [0.05, 0.1) is 0 Å². The number of aromatic nitrogens is 2. The molecule has 0 atom stereocenters. The van der Waals surface area contributed by atoms with E-state index in [1.807, 2.05) is 25.1 Å². The molecular formula is C17H25N5O2S2. The van der Waals surface area contributed by atoms with Gasteiger partial charge in [-0.25, -0.2) is 8.42 Å². The number of nitrogens with zero attached hydrogens (tertiary/aromatic N) is 5. The van der Waals surface area contributed by atoms with Crippen LogP contribution in [-0.4, -0.2) is 62.2 Å². The Morgan fingerprint density at radius 2 is 1.73 bits per heavy atom. The van der Waals surface area contributed by atoms with Crippen molar-refractivity contribution in [2.24, 2.45) is 0 Å². The predicted molar refractivity (Wildman–Crippen MR) is 106 cm³/mol. The van der Waals surface area contributed by atoms with Gasteiger partial charge in [-0.3, -0.25) is 0 Å². The first kappa shape index (κ1) is 19.1. The van der Waals surface area contributed by atoms with Gasteiger partial charge < -0.3 is 9.80 Å². The van der Waals surface area contributed by atoms with Crippen molar-refractivity contribution in [2.75, 3.05) is 49.1 Å². The quantitative estimate of drug-likeness (QED) is 0.747. The average Bonchev–Trinajstić information content (AvgIpc) is 3.11. The molecule has 0 bridgehead atoms. The highest BCUT2D eigenvalue weighted by Gasteiger charge is 2.30. The molecule has 1 fully saturated rings. The Bertz CT molecular complexity index is 823. The molecule has 1 aliphatic rings. The Kier molecular flexibility index (Phi) is 5.79. The van der Waals surface area contributed by atoms with Gasteiger partial charge in [-0.05, 0) is 45.0 Å². The van der Waals surface area contributed by atoms with E-state index in [9.17, 15) is 8.42 Å². The van der Waals surface area contributed by atoms with E-state index in [0.717, 1.165) is 29.6 Å². The van der Waals surface area contributed by atoms with Crippen LogP contribution in [0.1, 0.15) is 18.7 Å². The van der Waals surface area contributed by atoms with Gasteiger partial charge in [0.25, 0.3) is 10.0 Å². The van der Waals surface area contributed by atoms with Crippen LogP contribution in [0.5, 0.6) is 0 Å². The molecule has 0 aliphatic carbocycles. The lowest BCUT2D eigenvalue weighted by molar-refractivity contribution is 0.384. The van der Waals surface area contributed by atoms with E-state index in [1.165, 1.54) is 11.3 Å². The van der Waals surface area contributed by atoms with Gasteiger partial charge >= 0.3 is 0 Å². The number of anilines is 2. The highest BCUT2D eigenvalue weighted by atomic mass is 32.2. The Labute approximate surface area is 159 Å². The second-order valence-corrected chi connectivity index (χ2v) is 9.63. The van der Waals surface area contributed by atoms with Gasteiger partial charge in [0, 0.05) is 44.1 Å². The normalized spacial score (nSPS) is 16.0. The summed E-state index contributed by atoms with van der Waals surface area (Å²) in [5.74, 6) is 1.66. The van der Waals surface area contributed by atoms with Crippen LogP contribution in [0.15, 0.2) is 28.5 Å². The molecular weight excluding hydrogens is 370 g/mol. The summed E-state index contributed by atoms with van der Waals surface area (Å²) in [6, 6.07) is 7.49. The molecule has 7 nitrogen and oxygen atoms in total. The zero-order chi connectivity index (χ0) is 18.7. The third-order valence-electron chi connectivity index (χ3n) is 4.60. The summed E-state index contributed by atoms with van der Waals surface area (Å²) in [4.78, 5) is 5.24. The van der Waals surface area contributed by atoms with Gasteiger partial charge in [0.2, 0.25) is 0 Å². The van der Waals surface area contributed by atoms with Crippen LogP contribution in [-0.2, 0) is 10.0 Å². The minimum atomic E-state index is -3.39. The molecule has 3 rings (SSSR count). The summed E-state index contributed by atoms with van der Waals surface area (Å²) >= 11 is 1.32. The predicted octanol–water partition coefficient (Wildman–Crippen LogP) is 2.20. The highest BCUT2D eigenvalue weighted by molar-refractivity contribution is 7.91. The molecule has 0 spiro atoms. The zero-order valence-electron chi connectivity index (χ0n) is 15.4. The Morgan fingerprint density at radius 1 is 1.04 bits per heavy atom. The summed E-state index contributed by atoms with van der Waals surface area (Å²) in [5, 5.41) is 8.65. The fraction of sp³-hybridized carbons (Fsp3) is 0.529. The first-order chi connectivity index (χ1) is 12.5. The van der Waals surface area contributed by atoms with Crippen LogP contribution in [0.2, 0.25) is 0 Å². The van der Waals surface area contributed by atoms with Crippen molar-refractivity contribution in [3.05, 3.63) is 29.1 Å². The Morgan fingerprint density at radius 3 is 2.23 bits per heavy atom. The SMILES string of the molecule is CCN(CC)c1ccc(N2CCN(S(=O)(=O)c3ccc(C)s3)CC2)nn1. The third-order valence-corrected chi connectivity index (χ3v) is 7.96. The molecule has 0 unspecified atom stereocenters. The van der Waals surface area contributed by atoms with Gasteiger partial charge in [-0.2, -0.15) is 4.31 Å². The maximum absolute atomic E-state index is 12.7. The summed E-state index contributed by atoms with van der Waals surface area (Å²) in [5.41, 5.74) is 0. The van der Waals surface area contributed by atoms with Gasteiger partial charge in [0.15, 0.2) is 11.6 Å². The van der Waals surface area contributed by atoms with Crippen LogP contribution < -0.4 is 9.80 Å². The van der Waals surface area contributed by atoms with Crippen LogP contribution in [0.3, 0.4) is 0 Å². The molecule has 0 N–H and O–H groups in total. The molecule has 0 aromatic carbocycles. The van der Waals surface area contributed by atoms with Crippen LogP contribution in [0.25, 0.3) is 0 Å². The molecule has 0 amide bonds. The Hall–Kier alpha value is -1.71. The van der Waals surface area contributed by atoms with Crippen LogP contribution >= 0.6 is 11.3 Å². The molecule has 142 valence electrons. The molecule has 9 heteroatoms. The third kappa shape index (κ3) is 3.84. The number of thiophene rings is 1. The summed E-state index contributed by atoms with van der Waals surface area (Å²) < 4.78 is 27.4. The zero-order valence-corrected chi connectivity index (χ0v) is 17.1. The van der Waals surface area contributed by atoms with Crippen molar-refractivity contribution >= 4 is 33.0 Å². The van der Waals surface area contributed by atoms with Crippen molar-refractivity contribution < 1.29 is 8.42 Å². The molecule has 0 saturated carbocycles. The fourth-order valence-electron chi connectivity index (χ4n) is 3.04. The lowest BCUT2D eigenvalue weighted by Gasteiger charge is -2.34. The monoisotopic (exact) mass is 395 g/mol. The minimum Gasteiger partial charge on any atom is -0.356 e. The molecule has 2 aromatic heterocycles. The molecule has 3 heterocycles. The average molecular weight is 396 g/mol. The maximum Gasteiger partial charge on any atom is 0.252 e. The smallest absolute Gasteiger partial charge is 0.252 e. The lowest BCUT2D eigenvalue weighted by Crippen LogP contribution is -2.48. The first-order valence-electron chi connectivity index (χ1n) is 8.86. The highest BCUT2D eigenvalue weighted by Crippen LogP contribution is 2.26. The standard InChI is InChI=1S/C17H25N5O2S2/c1-4-20(5-2)15-7-8-16(19-18-15)21-10-12-22(13-11-21)26(23,24)17-9-6-14(3)25-17/h6-9H,4-5,10-13H2,1-3H3. The first-order valence-corrected chi connectivity index (χ1v) is 11.1. The van der Waals surface area contributed by atoms with Crippen molar-refractivity contribution in [1.29, 1.82) is 0 Å². The maximum atomic E-state index is 12.7. The molecule has 26 heavy (non-hydrogen) atoms. The van der Waals surface area contributed by atoms with Gasteiger partial charge in [0.1, 0.15) is 4.21 Å². The second-order valence-electron chi connectivity index (χ2n) is 6.18. The number of hydrogen-bond acceptors (Lipinski definition) is 7. The minimum absolute atomic E-state index is 0.423. The Balaban J connectivity index is 1.65. The summed E-state index contributed by atoms with van der Waals surface area (Å²) in [7, 11) is -3.39.